The van der Waals surface area contributed by atoms with Crippen LogP contribution in [0.5, 0.6) is 11.5 Å². The number of benzene rings is 2. The Balaban J connectivity index is 2.22. The average molecular weight is 304 g/mol. The molecule has 1 atom stereocenters. The highest BCUT2D eigenvalue weighted by Crippen LogP contribution is 2.30. The van der Waals surface area contributed by atoms with E-state index < -0.39 is 0 Å². The minimum atomic E-state index is 0.164. The maximum Gasteiger partial charge on any atom is 0.128 e. The quantitative estimate of drug-likeness (QED) is 0.867. The molecular formula is C18H22ClNO. The van der Waals surface area contributed by atoms with Crippen LogP contribution in [0.25, 0.3) is 0 Å². The van der Waals surface area contributed by atoms with Gasteiger partial charge in [-0.2, -0.15) is 0 Å². The highest BCUT2D eigenvalue weighted by molar-refractivity contribution is 6.32. The fourth-order valence-corrected chi connectivity index (χ4v) is 2.52. The molecule has 0 spiro atoms. The van der Waals surface area contributed by atoms with Gasteiger partial charge in [0.05, 0.1) is 0 Å². The molecule has 21 heavy (non-hydrogen) atoms. The van der Waals surface area contributed by atoms with Crippen molar-refractivity contribution in [2.75, 3.05) is 0 Å². The summed E-state index contributed by atoms with van der Waals surface area (Å²) < 4.78 is 5.95. The predicted octanol–water partition coefficient (Wildman–Crippen LogP) is 4.95. The first-order chi connectivity index (χ1) is 9.86. The molecule has 0 amide bonds. The Morgan fingerprint density at radius 1 is 1.00 bits per heavy atom. The van der Waals surface area contributed by atoms with Crippen LogP contribution in [0.1, 0.15) is 29.2 Å². The smallest absolute Gasteiger partial charge is 0.128 e. The molecule has 0 fully saturated rings. The molecule has 2 N–H and O–H groups in total. The van der Waals surface area contributed by atoms with Gasteiger partial charge in [-0.1, -0.05) is 17.7 Å². The van der Waals surface area contributed by atoms with E-state index in [2.05, 4.69) is 19.1 Å². The topological polar surface area (TPSA) is 35.2 Å². The van der Waals surface area contributed by atoms with Crippen molar-refractivity contribution >= 4 is 11.6 Å². The van der Waals surface area contributed by atoms with Crippen LogP contribution in [0.3, 0.4) is 0 Å². The first-order valence-electron chi connectivity index (χ1n) is 7.16. The SMILES string of the molecule is Cc1cc(Oc2cc(C)c(Cl)c(C)c2)ccc1CC(C)N. The molecule has 112 valence electrons. The normalized spacial score (nSPS) is 12.3. The van der Waals surface area contributed by atoms with E-state index in [1.807, 2.05) is 39.0 Å². The van der Waals surface area contributed by atoms with Gasteiger partial charge in [0.1, 0.15) is 11.5 Å². The molecule has 2 rings (SSSR count). The standard InChI is InChI=1S/C18H22ClNO/c1-11-7-16(6-5-15(11)10-14(4)20)21-17-8-12(2)18(19)13(3)9-17/h5-9,14H,10,20H2,1-4H3. The van der Waals surface area contributed by atoms with Crippen LogP contribution in [-0.4, -0.2) is 6.04 Å². The Labute approximate surface area is 131 Å². The molecule has 0 aromatic heterocycles. The summed E-state index contributed by atoms with van der Waals surface area (Å²) >= 11 is 6.18. The van der Waals surface area contributed by atoms with Gasteiger partial charge < -0.3 is 10.5 Å². The van der Waals surface area contributed by atoms with E-state index in [0.717, 1.165) is 34.1 Å². The summed E-state index contributed by atoms with van der Waals surface area (Å²) in [5, 5.41) is 0.797. The van der Waals surface area contributed by atoms with E-state index in [1.54, 1.807) is 0 Å². The van der Waals surface area contributed by atoms with E-state index in [4.69, 9.17) is 22.1 Å². The second-order valence-electron chi connectivity index (χ2n) is 5.74. The van der Waals surface area contributed by atoms with E-state index in [9.17, 15) is 0 Å². The van der Waals surface area contributed by atoms with Gasteiger partial charge in [0, 0.05) is 11.1 Å². The van der Waals surface area contributed by atoms with Crippen LogP contribution in [0.4, 0.5) is 0 Å². The molecule has 0 aliphatic carbocycles. The van der Waals surface area contributed by atoms with Gasteiger partial charge in [0.15, 0.2) is 0 Å². The van der Waals surface area contributed by atoms with E-state index >= 15 is 0 Å². The van der Waals surface area contributed by atoms with Crippen molar-refractivity contribution in [3.63, 3.8) is 0 Å². The second-order valence-corrected chi connectivity index (χ2v) is 6.12. The Kier molecular flexibility index (Phi) is 4.92. The molecular weight excluding hydrogens is 282 g/mol. The Morgan fingerprint density at radius 3 is 2.10 bits per heavy atom. The van der Waals surface area contributed by atoms with Gasteiger partial charge in [-0.05, 0) is 80.6 Å². The van der Waals surface area contributed by atoms with Crippen molar-refractivity contribution in [1.82, 2.24) is 0 Å². The minimum Gasteiger partial charge on any atom is -0.457 e. The van der Waals surface area contributed by atoms with Crippen LogP contribution in [0, 0.1) is 20.8 Å². The molecule has 0 heterocycles. The van der Waals surface area contributed by atoms with Crippen molar-refractivity contribution in [2.24, 2.45) is 5.73 Å². The van der Waals surface area contributed by atoms with Gasteiger partial charge in [0.2, 0.25) is 0 Å². The Bertz CT molecular complexity index is 627. The summed E-state index contributed by atoms with van der Waals surface area (Å²) in [6, 6.07) is 10.2. The number of hydrogen-bond donors (Lipinski definition) is 1. The summed E-state index contributed by atoms with van der Waals surface area (Å²) in [6.45, 7) is 8.07. The van der Waals surface area contributed by atoms with E-state index in [0.29, 0.717) is 0 Å². The van der Waals surface area contributed by atoms with Crippen molar-refractivity contribution in [1.29, 1.82) is 0 Å². The first-order valence-corrected chi connectivity index (χ1v) is 7.54. The summed E-state index contributed by atoms with van der Waals surface area (Å²) in [6.07, 6.45) is 0.880. The van der Waals surface area contributed by atoms with Gasteiger partial charge >= 0.3 is 0 Å². The van der Waals surface area contributed by atoms with Crippen molar-refractivity contribution in [3.05, 3.63) is 57.6 Å². The van der Waals surface area contributed by atoms with Crippen molar-refractivity contribution in [3.8, 4) is 11.5 Å². The minimum absolute atomic E-state index is 0.164. The van der Waals surface area contributed by atoms with E-state index in [1.165, 1.54) is 11.1 Å². The monoisotopic (exact) mass is 303 g/mol. The lowest BCUT2D eigenvalue weighted by Gasteiger charge is -2.13. The van der Waals surface area contributed by atoms with Gasteiger partial charge in [-0.25, -0.2) is 0 Å². The first kappa shape index (κ1) is 15.9. The van der Waals surface area contributed by atoms with Gasteiger partial charge in [-0.15, -0.1) is 0 Å². The molecule has 0 bridgehead atoms. The number of nitrogens with two attached hydrogens (primary N) is 1. The number of aryl methyl sites for hydroxylation is 3. The number of rotatable bonds is 4. The van der Waals surface area contributed by atoms with Crippen LogP contribution in [0.15, 0.2) is 30.3 Å². The molecule has 0 radical (unpaired) electrons. The number of hydrogen-bond acceptors (Lipinski definition) is 2. The highest BCUT2D eigenvalue weighted by Gasteiger charge is 2.07. The number of halogens is 1. The van der Waals surface area contributed by atoms with Crippen LogP contribution in [0.2, 0.25) is 5.02 Å². The highest BCUT2D eigenvalue weighted by atomic mass is 35.5. The molecule has 0 aliphatic rings. The zero-order chi connectivity index (χ0) is 15.6. The molecule has 2 aromatic rings. The van der Waals surface area contributed by atoms with Crippen LogP contribution in [-0.2, 0) is 6.42 Å². The van der Waals surface area contributed by atoms with Crippen molar-refractivity contribution < 1.29 is 4.74 Å². The molecule has 0 saturated carbocycles. The van der Waals surface area contributed by atoms with Crippen LogP contribution >= 0.6 is 11.6 Å². The van der Waals surface area contributed by atoms with Crippen LogP contribution < -0.4 is 10.5 Å². The second kappa shape index (κ2) is 6.50. The summed E-state index contributed by atoms with van der Waals surface area (Å²) in [5.74, 6) is 1.65. The zero-order valence-corrected chi connectivity index (χ0v) is 13.8. The summed E-state index contributed by atoms with van der Waals surface area (Å²) in [5.41, 5.74) is 10.4. The lowest BCUT2D eigenvalue weighted by Crippen LogP contribution is -2.18. The largest absolute Gasteiger partial charge is 0.457 e. The third-order valence-electron chi connectivity index (χ3n) is 3.50. The number of ether oxygens (including phenoxy) is 1. The average Bonchev–Trinajstić information content (AvgIpc) is 2.39. The summed E-state index contributed by atoms with van der Waals surface area (Å²) in [4.78, 5) is 0. The Morgan fingerprint density at radius 2 is 1.57 bits per heavy atom. The van der Waals surface area contributed by atoms with Gasteiger partial charge in [0.25, 0.3) is 0 Å². The third-order valence-corrected chi connectivity index (χ3v) is 4.10. The molecule has 2 aromatic carbocycles. The Hall–Kier alpha value is -1.51. The predicted molar refractivity (Wildman–Crippen MR) is 89.5 cm³/mol. The molecule has 2 nitrogen and oxygen atoms in total. The fraction of sp³-hybridized carbons (Fsp3) is 0.333. The fourth-order valence-electron chi connectivity index (χ4n) is 2.41. The zero-order valence-electron chi connectivity index (χ0n) is 13.0. The maximum absolute atomic E-state index is 6.18. The third kappa shape index (κ3) is 3.99. The summed E-state index contributed by atoms with van der Waals surface area (Å²) in [7, 11) is 0. The van der Waals surface area contributed by atoms with Gasteiger partial charge in [-0.3, -0.25) is 0 Å². The lowest BCUT2D eigenvalue weighted by molar-refractivity contribution is 0.481. The van der Waals surface area contributed by atoms with E-state index in [-0.39, 0.29) is 6.04 Å². The maximum atomic E-state index is 6.18. The molecule has 3 heteroatoms. The molecule has 0 aliphatic heterocycles. The molecule has 0 saturated heterocycles. The van der Waals surface area contributed by atoms with Crippen molar-refractivity contribution in [2.45, 2.75) is 40.2 Å². The lowest BCUT2D eigenvalue weighted by atomic mass is 10.0. The molecule has 1 unspecified atom stereocenters.